The third kappa shape index (κ3) is 3.24. The van der Waals surface area contributed by atoms with Crippen LogP contribution < -0.4 is 14.8 Å². The highest BCUT2D eigenvalue weighted by atomic mass is 16.5. The quantitative estimate of drug-likeness (QED) is 0.919. The number of nitrogens with one attached hydrogen (secondary N) is 1. The second-order valence-electron chi connectivity index (χ2n) is 4.88. The van der Waals surface area contributed by atoms with Crippen molar-refractivity contribution in [3.63, 3.8) is 0 Å². The molecule has 2 amide bonds. The first-order valence-corrected chi connectivity index (χ1v) is 6.98. The Morgan fingerprint density at radius 3 is 2.55 bits per heavy atom. The number of methoxy groups -OCH3 is 3. The van der Waals surface area contributed by atoms with Crippen LogP contribution in [0.2, 0.25) is 0 Å². The van der Waals surface area contributed by atoms with E-state index in [1.165, 1.54) is 19.1 Å². The highest BCUT2D eigenvalue weighted by Crippen LogP contribution is 2.30. The second-order valence-corrected chi connectivity index (χ2v) is 4.88. The van der Waals surface area contributed by atoms with Gasteiger partial charge in [-0.05, 0) is 25.0 Å². The summed E-state index contributed by atoms with van der Waals surface area (Å²) in [7, 11) is 4.38. The molecule has 1 unspecified atom stereocenters. The second kappa shape index (κ2) is 7.02. The van der Waals surface area contributed by atoms with E-state index in [4.69, 9.17) is 14.2 Å². The van der Waals surface area contributed by atoms with Gasteiger partial charge in [-0.15, -0.1) is 0 Å². The van der Waals surface area contributed by atoms with Gasteiger partial charge >= 0.3 is 6.09 Å². The monoisotopic (exact) mass is 308 g/mol. The molecule has 0 saturated carbocycles. The third-order valence-electron chi connectivity index (χ3n) is 3.62. The molecule has 0 aromatic heterocycles. The molecule has 1 aliphatic rings. The van der Waals surface area contributed by atoms with Gasteiger partial charge in [-0.3, -0.25) is 9.69 Å². The minimum absolute atomic E-state index is 0.241. The Morgan fingerprint density at radius 2 is 1.91 bits per heavy atom. The number of ether oxygens (including phenoxy) is 3. The van der Waals surface area contributed by atoms with Gasteiger partial charge in [-0.2, -0.15) is 0 Å². The van der Waals surface area contributed by atoms with Crippen LogP contribution in [-0.2, 0) is 9.53 Å². The van der Waals surface area contributed by atoms with E-state index in [-0.39, 0.29) is 5.91 Å². The zero-order valence-electron chi connectivity index (χ0n) is 12.9. The number of benzene rings is 1. The van der Waals surface area contributed by atoms with Crippen molar-refractivity contribution in [1.82, 2.24) is 4.90 Å². The van der Waals surface area contributed by atoms with Crippen LogP contribution in [0.15, 0.2) is 18.2 Å². The van der Waals surface area contributed by atoms with Crippen molar-refractivity contribution in [3.8, 4) is 11.5 Å². The van der Waals surface area contributed by atoms with Crippen LogP contribution >= 0.6 is 0 Å². The summed E-state index contributed by atoms with van der Waals surface area (Å²) in [4.78, 5) is 25.5. The van der Waals surface area contributed by atoms with Crippen LogP contribution in [0, 0.1) is 0 Å². The molecule has 7 heteroatoms. The molecule has 120 valence electrons. The summed E-state index contributed by atoms with van der Waals surface area (Å²) in [5.41, 5.74) is 0.583. The number of carbonyl (C=O) groups excluding carboxylic acids is 2. The Balaban J connectivity index is 2.10. The number of hydrogen-bond acceptors (Lipinski definition) is 5. The zero-order chi connectivity index (χ0) is 16.1. The molecule has 0 spiro atoms. The summed E-state index contributed by atoms with van der Waals surface area (Å²) >= 11 is 0. The van der Waals surface area contributed by atoms with E-state index < -0.39 is 12.1 Å². The number of likely N-dealkylation sites (tertiary alicyclic amines) is 1. The number of anilines is 1. The predicted octanol–water partition coefficient (Wildman–Crippen LogP) is 1.87. The highest BCUT2D eigenvalue weighted by molar-refractivity contribution is 5.97. The summed E-state index contributed by atoms with van der Waals surface area (Å²) in [6.45, 7) is 0.524. The van der Waals surface area contributed by atoms with E-state index in [0.29, 0.717) is 30.2 Å². The Hall–Kier alpha value is -2.44. The molecule has 1 N–H and O–H groups in total. The summed E-state index contributed by atoms with van der Waals surface area (Å²) in [6, 6.07) is 4.59. The molecule has 1 saturated heterocycles. The number of hydrogen-bond donors (Lipinski definition) is 1. The van der Waals surface area contributed by atoms with Gasteiger partial charge < -0.3 is 19.5 Å². The highest BCUT2D eigenvalue weighted by Gasteiger charge is 2.34. The molecule has 0 aliphatic carbocycles. The van der Waals surface area contributed by atoms with Crippen molar-refractivity contribution in [1.29, 1.82) is 0 Å². The summed E-state index contributed by atoms with van der Waals surface area (Å²) in [6.07, 6.45) is 0.915. The lowest BCUT2D eigenvalue weighted by molar-refractivity contribution is -0.119. The third-order valence-corrected chi connectivity index (χ3v) is 3.62. The van der Waals surface area contributed by atoms with E-state index in [1.807, 2.05) is 0 Å². The fourth-order valence-corrected chi connectivity index (χ4v) is 2.51. The minimum atomic E-state index is -0.513. The SMILES string of the molecule is COC(=O)N1CCCC1C(=O)Nc1ccc(OC)c(OC)c1. The molecule has 0 radical (unpaired) electrons. The predicted molar refractivity (Wildman–Crippen MR) is 80.3 cm³/mol. The van der Waals surface area contributed by atoms with Gasteiger partial charge in [-0.25, -0.2) is 4.79 Å². The smallest absolute Gasteiger partial charge is 0.410 e. The van der Waals surface area contributed by atoms with E-state index >= 15 is 0 Å². The lowest BCUT2D eigenvalue weighted by Gasteiger charge is -2.22. The van der Waals surface area contributed by atoms with Crippen LogP contribution in [0.1, 0.15) is 12.8 Å². The molecular weight excluding hydrogens is 288 g/mol. The molecule has 1 atom stereocenters. The van der Waals surface area contributed by atoms with Gasteiger partial charge in [-0.1, -0.05) is 0 Å². The maximum atomic E-state index is 12.4. The first-order valence-electron chi connectivity index (χ1n) is 6.98. The van der Waals surface area contributed by atoms with E-state index in [1.54, 1.807) is 25.3 Å². The Bertz CT molecular complexity index is 561. The van der Waals surface area contributed by atoms with Crippen LogP contribution in [0.3, 0.4) is 0 Å². The average molecular weight is 308 g/mol. The van der Waals surface area contributed by atoms with Gasteiger partial charge in [0, 0.05) is 18.3 Å². The molecule has 1 fully saturated rings. The number of carbonyl (C=O) groups is 2. The lowest BCUT2D eigenvalue weighted by atomic mass is 10.2. The van der Waals surface area contributed by atoms with Crippen LogP contribution in [0.4, 0.5) is 10.5 Å². The van der Waals surface area contributed by atoms with Crippen molar-refractivity contribution in [3.05, 3.63) is 18.2 Å². The minimum Gasteiger partial charge on any atom is -0.493 e. The molecule has 2 rings (SSSR count). The molecule has 1 heterocycles. The number of amides is 2. The van der Waals surface area contributed by atoms with Crippen LogP contribution in [0.5, 0.6) is 11.5 Å². The van der Waals surface area contributed by atoms with Crippen molar-refractivity contribution >= 4 is 17.7 Å². The maximum absolute atomic E-state index is 12.4. The molecule has 1 aliphatic heterocycles. The molecule has 1 aromatic rings. The first-order chi connectivity index (χ1) is 10.6. The average Bonchev–Trinajstić information content (AvgIpc) is 3.03. The maximum Gasteiger partial charge on any atom is 0.410 e. The summed E-state index contributed by atoms with van der Waals surface area (Å²) < 4.78 is 15.1. The van der Waals surface area contributed by atoms with Gasteiger partial charge in [0.15, 0.2) is 11.5 Å². The Kier molecular flexibility index (Phi) is 5.08. The first kappa shape index (κ1) is 15.9. The van der Waals surface area contributed by atoms with Crippen molar-refractivity contribution in [2.75, 3.05) is 33.2 Å². The number of rotatable bonds is 4. The summed E-state index contributed by atoms with van der Waals surface area (Å²) in [5.74, 6) is 0.865. The van der Waals surface area contributed by atoms with Crippen LogP contribution in [0.25, 0.3) is 0 Å². The Morgan fingerprint density at radius 1 is 1.18 bits per heavy atom. The van der Waals surface area contributed by atoms with Gasteiger partial charge in [0.25, 0.3) is 0 Å². The van der Waals surface area contributed by atoms with Gasteiger partial charge in [0.2, 0.25) is 5.91 Å². The Labute approximate surface area is 129 Å². The normalized spacial score (nSPS) is 17.0. The zero-order valence-corrected chi connectivity index (χ0v) is 12.9. The lowest BCUT2D eigenvalue weighted by Crippen LogP contribution is -2.43. The van der Waals surface area contributed by atoms with E-state index in [9.17, 15) is 9.59 Å². The van der Waals surface area contributed by atoms with E-state index in [2.05, 4.69) is 5.32 Å². The molecule has 0 bridgehead atoms. The fraction of sp³-hybridized carbons (Fsp3) is 0.467. The number of nitrogens with zero attached hydrogens (tertiary/aromatic N) is 1. The fourth-order valence-electron chi connectivity index (χ4n) is 2.51. The largest absolute Gasteiger partial charge is 0.493 e. The van der Waals surface area contributed by atoms with Gasteiger partial charge in [0.1, 0.15) is 6.04 Å². The molecule has 1 aromatic carbocycles. The van der Waals surface area contributed by atoms with Crippen molar-refractivity contribution in [2.45, 2.75) is 18.9 Å². The van der Waals surface area contributed by atoms with E-state index in [0.717, 1.165) is 6.42 Å². The molecule has 7 nitrogen and oxygen atoms in total. The standard InChI is InChI=1S/C15H20N2O5/c1-20-12-7-6-10(9-13(12)21-2)16-14(18)11-5-4-8-17(11)15(19)22-3/h6-7,9,11H,4-5,8H2,1-3H3,(H,16,18). The van der Waals surface area contributed by atoms with Crippen molar-refractivity contribution in [2.24, 2.45) is 0 Å². The summed E-state index contributed by atoms with van der Waals surface area (Å²) in [5, 5.41) is 2.79. The molecule has 22 heavy (non-hydrogen) atoms. The van der Waals surface area contributed by atoms with Crippen molar-refractivity contribution < 1.29 is 23.8 Å². The molecular formula is C15H20N2O5. The van der Waals surface area contributed by atoms with Gasteiger partial charge in [0.05, 0.1) is 21.3 Å². The topological polar surface area (TPSA) is 77.1 Å². The van der Waals surface area contributed by atoms with Crippen LogP contribution in [-0.4, -0.2) is 50.8 Å².